The van der Waals surface area contributed by atoms with Crippen molar-refractivity contribution in [2.75, 3.05) is 39.6 Å². The summed E-state index contributed by atoms with van der Waals surface area (Å²) in [6.07, 6.45) is -6.90. The molecule has 0 spiro atoms. The summed E-state index contributed by atoms with van der Waals surface area (Å²) in [6.45, 7) is -9.18. The van der Waals surface area contributed by atoms with Gasteiger partial charge in [-0.25, -0.2) is 86.3 Å². The van der Waals surface area contributed by atoms with Crippen molar-refractivity contribution in [2.45, 2.75) is 18.3 Å². The van der Waals surface area contributed by atoms with E-state index in [4.69, 9.17) is 0 Å². The highest BCUT2D eigenvalue weighted by atomic mass is 16.6. The van der Waals surface area contributed by atoms with Gasteiger partial charge in [0, 0.05) is 0 Å². The Balaban J connectivity index is 3.00. The third-order valence-corrected chi connectivity index (χ3v) is 10.5. The second-order valence-electron chi connectivity index (χ2n) is 15.8. The van der Waals surface area contributed by atoms with Crippen LogP contribution in [0, 0.1) is 0 Å². The van der Waals surface area contributed by atoms with Gasteiger partial charge < -0.3 is 110 Å². The number of aliphatic hydroxyl groups excluding tert-OH is 6. The molecule has 3 rings (SSSR count). The highest BCUT2D eigenvalue weighted by Crippen LogP contribution is 2.37. The molecular formula is C45H32O40. The normalized spacial score (nSPS) is 11.7. The monoisotopic (exact) mass is 1210 g/mol. The van der Waals surface area contributed by atoms with Gasteiger partial charge in [-0.1, -0.05) is 0 Å². The molecule has 0 aromatic heterocycles. The molecule has 3 aromatic rings. The smallest absolute Gasteiger partial charge is 0.347 e. The summed E-state index contributed by atoms with van der Waals surface area (Å²) >= 11 is 0. The highest BCUT2D eigenvalue weighted by molar-refractivity contribution is 6.29. The molecule has 85 heavy (non-hydrogen) atoms. The van der Waals surface area contributed by atoms with E-state index in [1.807, 2.05) is 0 Å². The van der Waals surface area contributed by atoms with Gasteiger partial charge in [-0.05, 0) is 0 Å². The lowest BCUT2D eigenvalue weighted by atomic mass is 9.85. The molecule has 0 heterocycles. The van der Waals surface area contributed by atoms with Crippen LogP contribution in [0.1, 0.15) is 186 Å². The minimum absolute atomic E-state index is 1.40. The maximum Gasteiger partial charge on any atom is 0.347 e. The summed E-state index contributed by atoms with van der Waals surface area (Å²) in [6, 6.07) is 0. The molecular weight excluding hydrogens is 1180 g/mol. The molecule has 0 aliphatic carbocycles. The van der Waals surface area contributed by atoms with E-state index >= 15 is 0 Å². The molecule has 0 amide bonds. The predicted octanol–water partition coefficient (Wildman–Crippen LogP) is -4.11. The minimum Gasteiger partial charge on any atom is -0.478 e. The maximum absolute atomic E-state index is 14.8. The van der Waals surface area contributed by atoms with E-state index in [9.17, 15) is 173 Å². The Bertz CT molecular complexity index is 3430. The van der Waals surface area contributed by atoms with Crippen LogP contribution < -0.4 is 0 Å². The number of carboxylic acids is 11. The van der Waals surface area contributed by atoms with Crippen LogP contribution in [-0.2, 0) is 23.7 Å². The van der Waals surface area contributed by atoms with E-state index in [-0.39, 0.29) is 0 Å². The summed E-state index contributed by atoms with van der Waals surface area (Å²) in [7, 11) is 0. The SMILES string of the molecule is O=C(O)c1c(C(=O)O)c(C(=O)O)c(C(=O)OC(=O)c2c(C(=O)O)c(C(=O)OCC(O)CO)c(C(=O)OCC(O)CO)c(C(=O)OCC(O)CO)c2C(=O)OC(=O)c2c(C(=O)O)c(C(=O)O)c(C(=O)O)c(C(=O)O)c2C(=O)O)c(C(=O)O)c1C(=O)O. The summed E-state index contributed by atoms with van der Waals surface area (Å²) < 4.78 is 22.8. The molecule has 452 valence electrons. The molecule has 0 aliphatic rings. The number of hydrogen-bond donors (Lipinski definition) is 17. The van der Waals surface area contributed by atoms with Gasteiger partial charge in [-0.2, -0.15) is 0 Å². The molecule has 40 nitrogen and oxygen atoms in total. The van der Waals surface area contributed by atoms with Crippen molar-refractivity contribution in [3.8, 4) is 0 Å². The maximum atomic E-state index is 14.8. The number of rotatable bonds is 27. The lowest BCUT2D eigenvalue weighted by Crippen LogP contribution is -2.34. The molecule has 0 saturated carbocycles. The number of aliphatic hydroxyl groups is 6. The van der Waals surface area contributed by atoms with Gasteiger partial charge in [0.15, 0.2) is 0 Å². The Morgan fingerprint density at radius 3 is 0.506 bits per heavy atom. The van der Waals surface area contributed by atoms with Crippen LogP contribution in [0.5, 0.6) is 0 Å². The van der Waals surface area contributed by atoms with Crippen LogP contribution in [-0.4, -0.2) is 252 Å². The van der Waals surface area contributed by atoms with E-state index in [1.54, 1.807) is 0 Å². The minimum atomic E-state index is -3.26. The molecule has 0 saturated heterocycles. The number of carbonyl (C=O) groups excluding carboxylic acids is 7. The van der Waals surface area contributed by atoms with Crippen molar-refractivity contribution in [3.05, 3.63) is 100 Å². The van der Waals surface area contributed by atoms with Crippen molar-refractivity contribution >= 4 is 107 Å². The Kier molecular flexibility index (Phi) is 21.6. The quantitative estimate of drug-likeness (QED) is 0.0196. The van der Waals surface area contributed by atoms with Gasteiger partial charge in [0.1, 0.15) is 38.1 Å². The molecule has 17 N–H and O–H groups in total. The van der Waals surface area contributed by atoms with Gasteiger partial charge in [-0.15, -0.1) is 0 Å². The average Bonchev–Trinajstić information content (AvgIpc) is 0.819. The van der Waals surface area contributed by atoms with Gasteiger partial charge in [0.2, 0.25) is 0 Å². The van der Waals surface area contributed by atoms with Gasteiger partial charge in [0.05, 0.1) is 120 Å². The standard InChI is InChI=1S/C45H32O40/c46-1-7(49)4-81-39(74)23-20(38(72)73)24(44(79)84-42(77)21-16(34(64)65)12(30(56)57)10(28(52)53)13(31(58)59)17(21)35(66)67)27(26(41(76)83-6-9(51)3-48)25(23)40(75)82-5-8(50)2-47)45(80)85-43(78)22-18(36(68)69)14(32(60)61)11(29(54)55)15(33(62)63)19(22)37(70)71/h7-9,46-51H,1-6H2,(H,52,53)(H,54,55)(H,56,57)(H,58,59)(H,60,61)(H,62,63)(H,64,65)(H,66,67)(H,68,69)(H,70,71)(H,72,73). The number of carboxylic acid groups (broad SMARTS) is 11. The second-order valence-corrected chi connectivity index (χ2v) is 15.8. The molecule has 0 fully saturated rings. The first-order valence-electron chi connectivity index (χ1n) is 21.6. The molecule has 3 aromatic carbocycles. The highest BCUT2D eigenvalue weighted by Gasteiger charge is 2.48. The first-order valence-corrected chi connectivity index (χ1v) is 21.6. The van der Waals surface area contributed by atoms with Crippen molar-refractivity contribution in [2.24, 2.45) is 0 Å². The van der Waals surface area contributed by atoms with E-state index in [0.717, 1.165) is 0 Å². The van der Waals surface area contributed by atoms with Gasteiger partial charge in [0.25, 0.3) is 0 Å². The number of ether oxygens (including phenoxy) is 5. The average molecular weight is 1210 g/mol. The Hall–Kier alpha value is -11.7. The number of aromatic carboxylic acids is 11. The largest absolute Gasteiger partial charge is 0.478 e. The lowest BCUT2D eigenvalue weighted by molar-refractivity contribution is 0.00465. The van der Waals surface area contributed by atoms with Crippen LogP contribution in [0.15, 0.2) is 0 Å². The Labute approximate surface area is 461 Å². The van der Waals surface area contributed by atoms with Crippen LogP contribution in [0.4, 0.5) is 0 Å². The fourth-order valence-electron chi connectivity index (χ4n) is 7.29. The molecule has 0 radical (unpaired) electrons. The predicted molar refractivity (Wildman–Crippen MR) is 245 cm³/mol. The number of carbonyl (C=O) groups is 18. The molecule has 3 atom stereocenters. The summed E-state index contributed by atoms with van der Waals surface area (Å²) in [5, 5.41) is 169. The van der Waals surface area contributed by atoms with Crippen LogP contribution in [0.3, 0.4) is 0 Å². The van der Waals surface area contributed by atoms with E-state index in [2.05, 4.69) is 23.7 Å². The molecule has 0 bridgehead atoms. The third kappa shape index (κ3) is 13.7. The fourth-order valence-corrected chi connectivity index (χ4v) is 7.29. The van der Waals surface area contributed by atoms with E-state index in [0.29, 0.717) is 0 Å². The first-order chi connectivity index (χ1) is 39.4. The van der Waals surface area contributed by atoms with Gasteiger partial charge in [-0.3, -0.25) is 0 Å². The van der Waals surface area contributed by atoms with E-state index in [1.165, 1.54) is 0 Å². The van der Waals surface area contributed by atoms with Crippen LogP contribution in [0.25, 0.3) is 0 Å². The third-order valence-electron chi connectivity index (χ3n) is 10.5. The Morgan fingerprint density at radius 2 is 0.341 bits per heavy atom. The lowest BCUT2D eigenvalue weighted by Gasteiger charge is -2.23. The Morgan fingerprint density at radius 1 is 0.224 bits per heavy atom. The van der Waals surface area contributed by atoms with Gasteiger partial charge >= 0.3 is 107 Å². The molecule has 0 aliphatic heterocycles. The summed E-state index contributed by atoms with van der Waals surface area (Å²) in [5.74, 6) is -52.5. The van der Waals surface area contributed by atoms with Crippen LogP contribution >= 0.6 is 0 Å². The van der Waals surface area contributed by atoms with Crippen molar-refractivity contribution < 1.29 is 197 Å². The first kappa shape index (κ1) is 67.6. The van der Waals surface area contributed by atoms with Crippen LogP contribution in [0.2, 0.25) is 0 Å². The second kappa shape index (κ2) is 27.2. The zero-order valence-corrected chi connectivity index (χ0v) is 41.0. The van der Waals surface area contributed by atoms with Crippen molar-refractivity contribution in [3.63, 3.8) is 0 Å². The zero-order valence-electron chi connectivity index (χ0n) is 41.0. The van der Waals surface area contributed by atoms with Crippen molar-refractivity contribution in [1.29, 1.82) is 0 Å². The fraction of sp³-hybridized carbons (Fsp3) is 0.200. The number of esters is 7. The summed E-state index contributed by atoms with van der Waals surface area (Å²) in [5.41, 5.74) is -44.0. The van der Waals surface area contributed by atoms with E-state index < -0.39 is 266 Å². The number of benzene rings is 3. The molecule has 40 heteroatoms. The molecule has 3 unspecified atom stereocenters. The summed E-state index contributed by atoms with van der Waals surface area (Å²) in [4.78, 5) is 240. The zero-order chi connectivity index (χ0) is 65.3. The number of hydrogen-bond acceptors (Lipinski definition) is 29. The topological polar surface area (TPSA) is 697 Å². The van der Waals surface area contributed by atoms with Crippen molar-refractivity contribution in [1.82, 2.24) is 0 Å².